The maximum atomic E-state index is 12.1. The molecule has 0 spiro atoms. The summed E-state index contributed by atoms with van der Waals surface area (Å²) in [6.45, 7) is 5.23. The fourth-order valence-corrected chi connectivity index (χ4v) is 5.05. The second-order valence-corrected chi connectivity index (χ2v) is 11.9. The van der Waals surface area contributed by atoms with Crippen molar-refractivity contribution in [3.63, 3.8) is 0 Å². The average molecular weight is 591 g/mol. The molecule has 0 heterocycles. The molecular formula is C38H70O4. The van der Waals surface area contributed by atoms with Crippen molar-refractivity contribution in [2.45, 2.75) is 180 Å². The Labute approximate surface area is 261 Å². The number of hydrogen-bond acceptors (Lipinski definition) is 4. The van der Waals surface area contributed by atoms with Crippen LogP contribution in [0.15, 0.2) is 36.5 Å². The molecule has 0 fully saturated rings. The summed E-state index contributed by atoms with van der Waals surface area (Å²) in [6.07, 6.45) is 43.2. The zero-order valence-electron chi connectivity index (χ0n) is 28.0. The minimum atomic E-state index is -0.539. The summed E-state index contributed by atoms with van der Waals surface area (Å²) in [5.41, 5.74) is 0. The van der Waals surface area contributed by atoms with Gasteiger partial charge in [-0.1, -0.05) is 159 Å². The van der Waals surface area contributed by atoms with Gasteiger partial charge in [0.05, 0.1) is 13.2 Å². The van der Waals surface area contributed by atoms with Crippen LogP contribution >= 0.6 is 0 Å². The van der Waals surface area contributed by atoms with E-state index in [9.17, 15) is 9.90 Å². The molecule has 4 nitrogen and oxygen atoms in total. The largest absolute Gasteiger partial charge is 0.457 e. The Hall–Kier alpha value is -1.39. The van der Waals surface area contributed by atoms with Crippen molar-refractivity contribution >= 4 is 5.97 Å². The van der Waals surface area contributed by atoms with E-state index in [1.807, 2.05) is 0 Å². The Kier molecular flexibility index (Phi) is 34.6. The van der Waals surface area contributed by atoms with Crippen molar-refractivity contribution in [1.82, 2.24) is 0 Å². The van der Waals surface area contributed by atoms with Crippen molar-refractivity contribution in [2.24, 2.45) is 0 Å². The van der Waals surface area contributed by atoms with E-state index < -0.39 is 6.10 Å². The molecule has 0 saturated heterocycles. The van der Waals surface area contributed by atoms with Crippen LogP contribution in [0, 0.1) is 0 Å². The summed E-state index contributed by atoms with van der Waals surface area (Å²) in [7, 11) is 0. The number of rotatable bonds is 33. The predicted molar refractivity (Wildman–Crippen MR) is 182 cm³/mol. The zero-order valence-corrected chi connectivity index (χ0v) is 28.0. The second kappa shape index (κ2) is 35.8. The molecule has 0 amide bonds. The Bertz CT molecular complexity index is 625. The molecule has 0 aromatic carbocycles. The molecular weight excluding hydrogens is 520 g/mol. The van der Waals surface area contributed by atoms with Crippen LogP contribution in [0.2, 0.25) is 0 Å². The molecule has 1 atom stereocenters. The molecule has 0 saturated carbocycles. The third-order valence-corrected chi connectivity index (χ3v) is 7.73. The number of hydrogen-bond donors (Lipinski definition) is 1. The number of aliphatic hydroxyl groups excluding tert-OH is 1. The molecule has 0 aromatic heterocycles. The molecule has 0 rings (SSSR count). The number of carbonyl (C=O) groups is 1. The van der Waals surface area contributed by atoms with Crippen LogP contribution in [0.25, 0.3) is 0 Å². The quantitative estimate of drug-likeness (QED) is 0.0469. The first kappa shape index (κ1) is 40.6. The highest BCUT2D eigenvalue weighted by Gasteiger charge is 2.13. The van der Waals surface area contributed by atoms with Gasteiger partial charge in [0.25, 0.3) is 0 Å². The number of ether oxygens (including phenoxy) is 2. The molecule has 0 aliphatic rings. The monoisotopic (exact) mass is 591 g/mol. The number of allylic oxidation sites excluding steroid dienone is 6. The standard InChI is InChI=1S/C38H70O4/c1-3-5-7-9-11-13-15-17-19-21-23-25-27-29-31-33-38(40)42-37(35-39)36-41-34-32-30-28-26-24-22-20-18-16-14-12-10-8-6-4-2/h5,7,11,13,17,19,37,39H,3-4,6,8-10,12,14-16,18,20-36H2,1-2H3/b7-5-,13-11-,19-17-. The summed E-state index contributed by atoms with van der Waals surface area (Å²) < 4.78 is 11.1. The van der Waals surface area contributed by atoms with Crippen LogP contribution in [0.1, 0.15) is 174 Å². The first-order chi connectivity index (χ1) is 20.7. The number of esters is 1. The molecule has 0 aromatic rings. The molecule has 0 aliphatic carbocycles. The van der Waals surface area contributed by atoms with Crippen LogP contribution in [0.4, 0.5) is 0 Å². The fourth-order valence-electron chi connectivity index (χ4n) is 5.05. The first-order valence-corrected chi connectivity index (χ1v) is 18.1. The lowest BCUT2D eigenvalue weighted by Crippen LogP contribution is -2.27. The molecule has 42 heavy (non-hydrogen) atoms. The average Bonchev–Trinajstić information content (AvgIpc) is 3.00. The van der Waals surface area contributed by atoms with Gasteiger partial charge in [-0.05, 0) is 44.9 Å². The van der Waals surface area contributed by atoms with Gasteiger partial charge in [0.1, 0.15) is 6.10 Å². The molecule has 1 N–H and O–H groups in total. The second-order valence-electron chi connectivity index (χ2n) is 11.9. The number of unbranched alkanes of at least 4 members (excludes halogenated alkanes) is 19. The predicted octanol–water partition coefficient (Wildman–Crippen LogP) is 11.4. The number of carbonyl (C=O) groups excluding carboxylic acids is 1. The summed E-state index contributed by atoms with van der Waals surface area (Å²) in [5.74, 6) is -0.217. The molecule has 0 bridgehead atoms. The van der Waals surface area contributed by atoms with Gasteiger partial charge in [0.15, 0.2) is 0 Å². The van der Waals surface area contributed by atoms with Crippen molar-refractivity contribution < 1.29 is 19.4 Å². The highest BCUT2D eigenvalue weighted by Crippen LogP contribution is 2.14. The van der Waals surface area contributed by atoms with Gasteiger partial charge in [-0.2, -0.15) is 0 Å². The normalized spacial score (nSPS) is 12.7. The minimum Gasteiger partial charge on any atom is -0.457 e. The van der Waals surface area contributed by atoms with E-state index in [1.54, 1.807) is 0 Å². The SMILES string of the molecule is CC/C=C\C/C=C\C/C=C\CCCCCCCC(=O)OC(CO)COCCCCCCCCCCCCCCCCC. The summed E-state index contributed by atoms with van der Waals surface area (Å²) in [4.78, 5) is 12.1. The minimum absolute atomic E-state index is 0.177. The van der Waals surface area contributed by atoms with Gasteiger partial charge < -0.3 is 14.6 Å². The van der Waals surface area contributed by atoms with Gasteiger partial charge in [-0.15, -0.1) is 0 Å². The summed E-state index contributed by atoms with van der Waals surface area (Å²) >= 11 is 0. The molecule has 1 unspecified atom stereocenters. The smallest absolute Gasteiger partial charge is 0.306 e. The zero-order chi connectivity index (χ0) is 30.6. The maximum Gasteiger partial charge on any atom is 0.306 e. The van der Waals surface area contributed by atoms with E-state index in [-0.39, 0.29) is 12.6 Å². The highest BCUT2D eigenvalue weighted by atomic mass is 16.6. The van der Waals surface area contributed by atoms with Gasteiger partial charge >= 0.3 is 5.97 Å². The maximum absolute atomic E-state index is 12.1. The third-order valence-electron chi connectivity index (χ3n) is 7.73. The third kappa shape index (κ3) is 33.1. The van der Waals surface area contributed by atoms with Crippen LogP contribution in [-0.4, -0.2) is 37.0 Å². The molecule has 0 aliphatic heterocycles. The van der Waals surface area contributed by atoms with Crippen LogP contribution in [-0.2, 0) is 14.3 Å². The van der Waals surface area contributed by atoms with Crippen molar-refractivity contribution in [3.8, 4) is 0 Å². The van der Waals surface area contributed by atoms with Gasteiger partial charge in [-0.3, -0.25) is 4.79 Å². The van der Waals surface area contributed by atoms with Gasteiger partial charge in [0, 0.05) is 13.0 Å². The Morgan fingerprint density at radius 3 is 1.62 bits per heavy atom. The van der Waals surface area contributed by atoms with E-state index in [1.165, 1.54) is 103 Å². The lowest BCUT2D eigenvalue weighted by molar-refractivity contribution is -0.154. The van der Waals surface area contributed by atoms with E-state index >= 15 is 0 Å². The summed E-state index contributed by atoms with van der Waals surface area (Å²) in [5, 5.41) is 9.54. The molecule has 0 radical (unpaired) electrons. The molecule has 246 valence electrons. The highest BCUT2D eigenvalue weighted by molar-refractivity contribution is 5.69. The van der Waals surface area contributed by atoms with E-state index in [0.717, 1.165) is 51.4 Å². The van der Waals surface area contributed by atoms with E-state index in [4.69, 9.17) is 9.47 Å². The summed E-state index contributed by atoms with van der Waals surface area (Å²) in [6, 6.07) is 0. The molecule has 4 heteroatoms. The number of aliphatic hydroxyl groups is 1. The Morgan fingerprint density at radius 1 is 0.595 bits per heavy atom. The van der Waals surface area contributed by atoms with Crippen LogP contribution < -0.4 is 0 Å². The van der Waals surface area contributed by atoms with Crippen LogP contribution in [0.5, 0.6) is 0 Å². The van der Waals surface area contributed by atoms with Crippen molar-refractivity contribution in [3.05, 3.63) is 36.5 Å². The van der Waals surface area contributed by atoms with Crippen molar-refractivity contribution in [1.29, 1.82) is 0 Å². The lowest BCUT2D eigenvalue weighted by Gasteiger charge is -2.15. The Morgan fingerprint density at radius 2 is 1.07 bits per heavy atom. The Balaban J connectivity index is 3.46. The topological polar surface area (TPSA) is 55.8 Å². The van der Waals surface area contributed by atoms with E-state index in [0.29, 0.717) is 19.6 Å². The first-order valence-electron chi connectivity index (χ1n) is 18.1. The van der Waals surface area contributed by atoms with Gasteiger partial charge in [0.2, 0.25) is 0 Å². The fraction of sp³-hybridized carbons (Fsp3) is 0.816. The van der Waals surface area contributed by atoms with Crippen molar-refractivity contribution in [2.75, 3.05) is 19.8 Å². The lowest BCUT2D eigenvalue weighted by atomic mass is 10.0. The van der Waals surface area contributed by atoms with E-state index in [2.05, 4.69) is 50.3 Å². The van der Waals surface area contributed by atoms with Crippen LogP contribution in [0.3, 0.4) is 0 Å². The van der Waals surface area contributed by atoms with Gasteiger partial charge in [-0.25, -0.2) is 0 Å².